The Hall–Kier alpha value is -1.26. The average molecular weight is 234 g/mol. The molecule has 0 atom stereocenters. The molecule has 0 unspecified atom stereocenters. The smallest absolute Gasteiger partial charge is 0.419 e. The summed E-state index contributed by atoms with van der Waals surface area (Å²) in [6.07, 6.45) is -2.52. The fourth-order valence-corrected chi connectivity index (χ4v) is 0.690. The molecule has 2 amide bonds. The lowest BCUT2D eigenvalue weighted by Crippen LogP contribution is -2.41. The maximum Gasteiger partial charge on any atom is 0.419 e. The van der Waals surface area contributed by atoms with Crippen molar-refractivity contribution < 1.29 is 23.2 Å². The molecule has 0 aromatic rings. The lowest BCUT2D eigenvalue weighted by molar-refractivity contribution is 0.00663. The van der Waals surface area contributed by atoms with E-state index in [1.807, 2.05) is 0 Å². The fourth-order valence-electron chi connectivity index (χ4n) is 0.690. The molecular formula is C11H21NO4. The van der Waals surface area contributed by atoms with E-state index < -0.39 is 30.4 Å². The Morgan fingerprint density at radius 2 is 1.25 bits per heavy atom. The van der Waals surface area contributed by atoms with Crippen molar-refractivity contribution >= 4 is 12.2 Å². The van der Waals surface area contributed by atoms with E-state index in [1.54, 1.807) is 41.5 Å². The normalized spacial score (nSPS) is 15.5. The third-order valence-corrected chi connectivity index (χ3v) is 1.15. The van der Waals surface area contributed by atoms with Crippen molar-refractivity contribution in [2.24, 2.45) is 0 Å². The Morgan fingerprint density at radius 1 is 0.938 bits per heavy atom. The Morgan fingerprint density at radius 3 is 1.44 bits per heavy atom. The van der Waals surface area contributed by atoms with Gasteiger partial charge in [0.05, 0.1) is 0 Å². The highest BCUT2D eigenvalue weighted by atomic mass is 16.6. The van der Waals surface area contributed by atoms with Gasteiger partial charge in [0.25, 0.3) is 0 Å². The summed E-state index contributed by atoms with van der Waals surface area (Å²) in [5, 5.41) is 0. The van der Waals surface area contributed by atoms with E-state index in [2.05, 4.69) is 0 Å². The highest BCUT2D eigenvalue weighted by Gasteiger charge is 2.27. The van der Waals surface area contributed by atoms with Gasteiger partial charge < -0.3 is 9.47 Å². The molecule has 0 aliphatic heterocycles. The van der Waals surface area contributed by atoms with Crippen LogP contribution in [0.3, 0.4) is 0 Å². The van der Waals surface area contributed by atoms with Gasteiger partial charge in [-0.05, 0) is 41.5 Å². The molecule has 0 aromatic carbocycles. The number of amides is 2. The zero-order chi connectivity index (χ0) is 15.6. The standard InChI is InChI=1S/C11H21NO4/c1-10(2,3)15-8(13)12(7)9(14)16-11(4,5)6/h1-7H3/i7D3. The number of hydrogen-bond acceptors (Lipinski definition) is 4. The topological polar surface area (TPSA) is 55.8 Å². The van der Waals surface area contributed by atoms with Gasteiger partial charge in [-0.1, -0.05) is 0 Å². The van der Waals surface area contributed by atoms with Crippen molar-refractivity contribution in [3.8, 4) is 0 Å². The summed E-state index contributed by atoms with van der Waals surface area (Å²) in [6.45, 7) is 6.44. The fraction of sp³-hybridized carbons (Fsp3) is 0.818. The van der Waals surface area contributed by atoms with Crippen LogP contribution in [0.25, 0.3) is 0 Å². The van der Waals surface area contributed by atoms with Crippen LogP contribution >= 0.6 is 0 Å². The number of rotatable bonds is 0. The quantitative estimate of drug-likeness (QED) is 0.646. The minimum absolute atomic E-state index is 0.00347. The van der Waals surface area contributed by atoms with Crippen LogP contribution in [0.15, 0.2) is 0 Å². The zero-order valence-electron chi connectivity index (χ0n) is 13.6. The number of ether oxygens (including phenoxy) is 2. The summed E-state index contributed by atoms with van der Waals surface area (Å²) in [7, 11) is 0. The van der Waals surface area contributed by atoms with E-state index >= 15 is 0 Å². The third-order valence-electron chi connectivity index (χ3n) is 1.15. The zero-order valence-corrected chi connectivity index (χ0v) is 10.6. The second kappa shape index (κ2) is 4.72. The molecule has 0 spiro atoms. The largest absolute Gasteiger partial charge is 0.443 e. The van der Waals surface area contributed by atoms with Crippen molar-refractivity contribution in [1.29, 1.82) is 0 Å². The number of nitrogens with zero attached hydrogens (tertiary/aromatic N) is 1. The number of carbonyl (C=O) groups excluding carboxylic acids is 2. The molecule has 94 valence electrons. The SMILES string of the molecule is [2H]C([2H])([2H])N(C(=O)OC(C)(C)C)C(=O)OC(C)(C)C. The second-order valence-electron chi connectivity index (χ2n) is 5.30. The first-order valence-corrected chi connectivity index (χ1v) is 4.90. The Balaban J connectivity index is 5.15. The molecule has 0 rings (SSSR count). The van der Waals surface area contributed by atoms with E-state index in [1.165, 1.54) is 0 Å². The minimum Gasteiger partial charge on any atom is -0.443 e. The highest BCUT2D eigenvalue weighted by Crippen LogP contribution is 2.12. The van der Waals surface area contributed by atoms with E-state index in [-0.39, 0.29) is 4.90 Å². The van der Waals surface area contributed by atoms with Crippen molar-refractivity contribution in [2.45, 2.75) is 52.7 Å². The van der Waals surface area contributed by atoms with Crippen molar-refractivity contribution in [3.05, 3.63) is 0 Å². The molecule has 0 bridgehead atoms. The first kappa shape index (κ1) is 9.93. The molecule has 0 fully saturated rings. The summed E-state index contributed by atoms with van der Waals surface area (Å²) in [4.78, 5) is 23.6. The number of imide groups is 1. The van der Waals surface area contributed by atoms with Gasteiger partial charge in [-0.15, -0.1) is 0 Å². The molecule has 0 N–H and O–H groups in total. The van der Waals surface area contributed by atoms with E-state index in [4.69, 9.17) is 13.6 Å². The maximum absolute atomic E-state index is 11.8. The molecule has 5 heteroatoms. The summed E-state index contributed by atoms with van der Waals surface area (Å²) in [6, 6.07) is 0. The van der Waals surface area contributed by atoms with Crippen LogP contribution in [0.4, 0.5) is 9.59 Å². The van der Waals surface area contributed by atoms with Crippen LogP contribution in [0.2, 0.25) is 0 Å². The Kier molecular flexibility index (Phi) is 2.93. The van der Waals surface area contributed by atoms with Crippen molar-refractivity contribution in [2.75, 3.05) is 6.98 Å². The first-order chi connectivity index (χ1) is 8.13. The molecule has 0 saturated heterocycles. The molecule has 16 heavy (non-hydrogen) atoms. The van der Waals surface area contributed by atoms with Crippen molar-refractivity contribution in [3.63, 3.8) is 0 Å². The number of hydrogen-bond donors (Lipinski definition) is 0. The predicted molar refractivity (Wildman–Crippen MR) is 60.2 cm³/mol. The average Bonchev–Trinajstić information content (AvgIpc) is 1.90. The van der Waals surface area contributed by atoms with Crippen LogP contribution in [0, 0.1) is 0 Å². The van der Waals surface area contributed by atoms with Crippen LogP contribution in [0.1, 0.15) is 45.7 Å². The molecule has 0 radical (unpaired) electrons. The van der Waals surface area contributed by atoms with Gasteiger partial charge in [-0.2, -0.15) is 0 Å². The molecule has 0 heterocycles. The van der Waals surface area contributed by atoms with E-state index in [0.29, 0.717) is 0 Å². The van der Waals surface area contributed by atoms with Crippen LogP contribution in [-0.2, 0) is 9.47 Å². The van der Waals surface area contributed by atoms with Gasteiger partial charge in [0.1, 0.15) is 11.2 Å². The number of carbonyl (C=O) groups is 2. The summed E-state index contributed by atoms with van der Waals surface area (Å²) >= 11 is 0. The van der Waals surface area contributed by atoms with Crippen LogP contribution < -0.4 is 0 Å². The van der Waals surface area contributed by atoms with Gasteiger partial charge in [-0.3, -0.25) is 0 Å². The maximum atomic E-state index is 11.8. The Bertz CT molecular complexity index is 324. The second-order valence-corrected chi connectivity index (χ2v) is 5.30. The van der Waals surface area contributed by atoms with Gasteiger partial charge >= 0.3 is 12.2 Å². The molecular weight excluding hydrogens is 210 g/mol. The monoisotopic (exact) mass is 234 g/mol. The van der Waals surface area contributed by atoms with Crippen molar-refractivity contribution in [1.82, 2.24) is 4.90 Å². The minimum atomic E-state index is -2.97. The van der Waals surface area contributed by atoms with Gasteiger partial charge in [0, 0.05) is 11.1 Å². The molecule has 5 nitrogen and oxygen atoms in total. The summed E-state index contributed by atoms with van der Waals surface area (Å²) in [5.41, 5.74) is -1.83. The van der Waals surface area contributed by atoms with Gasteiger partial charge in [0.2, 0.25) is 0 Å². The van der Waals surface area contributed by atoms with E-state index in [9.17, 15) is 9.59 Å². The van der Waals surface area contributed by atoms with Crippen LogP contribution in [0.5, 0.6) is 0 Å². The first-order valence-electron chi connectivity index (χ1n) is 6.40. The summed E-state index contributed by atoms with van der Waals surface area (Å²) in [5.74, 6) is 0. The van der Waals surface area contributed by atoms with Crippen LogP contribution in [-0.4, -0.2) is 35.3 Å². The Labute approximate surface area is 101 Å². The molecule has 0 aromatic heterocycles. The molecule has 0 aliphatic rings. The van der Waals surface area contributed by atoms with Gasteiger partial charge in [-0.25, -0.2) is 14.5 Å². The van der Waals surface area contributed by atoms with Gasteiger partial charge in [0.15, 0.2) is 0 Å². The predicted octanol–water partition coefficient (Wildman–Crippen LogP) is 2.79. The third kappa shape index (κ3) is 6.27. The summed E-state index contributed by atoms with van der Waals surface area (Å²) < 4.78 is 31.4. The molecule has 0 aliphatic carbocycles. The lowest BCUT2D eigenvalue weighted by Gasteiger charge is -2.26. The highest BCUT2D eigenvalue weighted by molar-refractivity contribution is 5.87. The molecule has 0 saturated carbocycles. The van der Waals surface area contributed by atoms with E-state index in [0.717, 1.165) is 0 Å². The lowest BCUT2D eigenvalue weighted by atomic mass is 10.2.